The summed E-state index contributed by atoms with van der Waals surface area (Å²) in [7, 11) is -2.70. The quantitative estimate of drug-likeness (QED) is 0.209. The van der Waals surface area contributed by atoms with Crippen LogP contribution in [0.2, 0.25) is 0 Å². The predicted molar refractivity (Wildman–Crippen MR) is 164 cm³/mol. The number of carbonyl (C=O) groups is 1. The van der Waals surface area contributed by atoms with E-state index >= 15 is 0 Å². The summed E-state index contributed by atoms with van der Waals surface area (Å²) < 4.78 is 41.0. The third kappa shape index (κ3) is 4.41. The molecule has 1 unspecified atom stereocenters. The summed E-state index contributed by atoms with van der Waals surface area (Å²) in [6.07, 6.45) is 3.25. The van der Waals surface area contributed by atoms with Gasteiger partial charge in [0.05, 0.1) is 17.5 Å². The lowest BCUT2D eigenvalue weighted by Crippen LogP contribution is -2.43. The molecule has 5 aromatic rings. The van der Waals surface area contributed by atoms with E-state index in [1.807, 2.05) is 48.5 Å². The van der Waals surface area contributed by atoms with Crippen molar-refractivity contribution in [3.8, 4) is 5.75 Å². The summed E-state index contributed by atoms with van der Waals surface area (Å²) >= 11 is 0. The second-order valence-corrected chi connectivity index (χ2v) is 13.2. The van der Waals surface area contributed by atoms with Crippen molar-refractivity contribution in [2.45, 2.75) is 36.7 Å². The monoisotopic (exact) mass is 577 g/mol. The van der Waals surface area contributed by atoms with E-state index in [1.165, 1.54) is 17.3 Å². The van der Waals surface area contributed by atoms with Gasteiger partial charge in [0.1, 0.15) is 5.75 Å². The van der Waals surface area contributed by atoms with Crippen molar-refractivity contribution < 1.29 is 22.7 Å². The largest absolute Gasteiger partial charge is 0.466 e. The molecule has 0 saturated heterocycles. The molecule has 0 N–H and O–H groups in total. The number of benzene rings is 4. The molecular weight excluding hydrogens is 546 g/mol. The summed E-state index contributed by atoms with van der Waals surface area (Å²) in [4.78, 5) is 14.1. The normalized spacial score (nSPS) is 16.8. The number of carbonyl (C=O) groups excluding carboxylic acids is 1. The van der Waals surface area contributed by atoms with E-state index in [0.717, 1.165) is 22.3 Å². The van der Waals surface area contributed by atoms with Gasteiger partial charge >= 0.3 is 5.97 Å². The number of hydrogen-bond donors (Lipinski definition) is 0. The van der Waals surface area contributed by atoms with Gasteiger partial charge in [-0.3, -0.25) is 0 Å². The third-order valence-electron chi connectivity index (χ3n) is 7.71. The number of nitrogens with zero attached hydrogens (tertiary/aromatic N) is 1. The van der Waals surface area contributed by atoms with Gasteiger partial charge in [0.2, 0.25) is 0 Å². The minimum absolute atomic E-state index is 0.118. The third-order valence-corrected chi connectivity index (χ3v) is 9.39. The number of hydrogen-bond acceptors (Lipinski definition) is 5. The van der Waals surface area contributed by atoms with Crippen LogP contribution in [0.3, 0.4) is 0 Å². The molecule has 0 aliphatic carbocycles. The fourth-order valence-electron chi connectivity index (χ4n) is 5.48. The average Bonchev–Trinajstić information content (AvgIpc) is 3.41. The van der Waals surface area contributed by atoms with E-state index < -0.39 is 21.6 Å². The Labute approximate surface area is 245 Å². The fourth-order valence-corrected chi connectivity index (χ4v) is 6.87. The number of para-hydroxylation sites is 1. The second kappa shape index (κ2) is 10.0. The van der Waals surface area contributed by atoms with Crippen LogP contribution in [-0.4, -0.2) is 25.5 Å². The highest BCUT2D eigenvalue weighted by Crippen LogP contribution is 2.47. The Morgan fingerprint density at radius 2 is 1.50 bits per heavy atom. The molecule has 0 bridgehead atoms. The Kier molecular flexibility index (Phi) is 6.58. The van der Waals surface area contributed by atoms with Crippen LogP contribution in [0.15, 0.2) is 120 Å². The number of aromatic nitrogens is 1. The molecule has 1 aliphatic rings. The molecule has 1 atom stereocenters. The predicted octanol–water partition coefficient (Wildman–Crippen LogP) is 7.07. The van der Waals surface area contributed by atoms with Crippen molar-refractivity contribution in [3.05, 3.63) is 138 Å². The lowest BCUT2D eigenvalue weighted by molar-refractivity contribution is -0.155. The van der Waals surface area contributed by atoms with Gasteiger partial charge in [-0.05, 0) is 58.5 Å². The Bertz CT molecular complexity index is 1950. The molecule has 2 heterocycles. The van der Waals surface area contributed by atoms with E-state index in [9.17, 15) is 13.2 Å². The Morgan fingerprint density at radius 3 is 2.17 bits per heavy atom. The van der Waals surface area contributed by atoms with Crippen molar-refractivity contribution in [3.63, 3.8) is 0 Å². The maximum absolute atomic E-state index is 13.9. The van der Waals surface area contributed by atoms with E-state index in [2.05, 4.69) is 26.8 Å². The first-order valence-corrected chi connectivity index (χ1v) is 15.1. The minimum Gasteiger partial charge on any atom is -0.466 e. The van der Waals surface area contributed by atoms with Crippen molar-refractivity contribution >= 4 is 32.5 Å². The smallest absolute Gasteiger partial charge is 0.359 e. The van der Waals surface area contributed by atoms with E-state index in [1.54, 1.807) is 54.6 Å². The molecule has 0 amide bonds. The van der Waals surface area contributed by atoms with Crippen LogP contribution in [0, 0.1) is 0 Å². The van der Waals surface area contributed by atoms with E-state index in [4.69, 9.17) is 9.47 Å². The van der Waals surface area contributed by atoms with Gasteiger partial charge in [-0.1, -0.05) is 93.6 Å². The van der Waals surface area contributed by atoms with Gasteiger partial charge in [-0.25, -0.2) is 17.2 Å². The summed E-state index contributed by atoms with van der Waals surface area (Å²) in [6, 6.07) is 31.1. The van der Waals surface area contributed by atoms with Crippen LogP contribution < -0.4 is 4.74 Å². The summed E-state index contributed by atoms with van der Waals surface area (Å²) in [5, 5.41) is 0.556. The number of esters is 1. The number of fused-ring (bicyclic) bond motifs is 2. The van der Waals surface area contributed by atoms with Gasteiger partial charge in [0.15, 0.2) is 0 Å². The lowest BCUT2D eigenvalue weighted by Gasteiger charge is -2.35. The highest BCUT2D eigenvalue weighted by molar-refractivity contribution is 7.90. The highest BCUT2D eigenvalue weighted by atomic mass is 32.2. The molecule has 0 saturated carbocycles. The van der Waals surface area contributed by atoms with Gasteiger partial charge < -0.3 is 9.47 Å². The molecule has 212 valence electrons. The first-order valence-electron chi connectivity index (χ1n) is 13.7. The number of rotatable bonds is 5. The number of methoxy groups -OCH3 is 1. The van der Waals surface area contributed by atoms with Gasteiger partial charge in [0, 0.05) is 22.7 Å². The zero-order valence-electron chi connectivity index (χ0n) is 23.9. The molecule has 42 heavy (non-hydrogen) atoms. The van der Waals surface area contributed by atoms with Crippen LogP contribution in [0.25, 0.3) is 16.5 Å². The standard InChI is InChI=1S/C35H31NO5S/c1-34(2,3)25-19-20-32-28(21-25)29(24-13-7-5-8-14-24)22-35(41-32,33(37)40-4)30-23-36(31-18-12-11-17-27(30)31)42(38,39)26-15-9-6-10-16-26/h5-23H,1-4H3. The summed E-state index contributed by atoms with van der Waals surface area (Å²) in [5.41, 5.74) is 2.53. The van der Waals surface area contributed by atoms with Gasteiger partial charge in [-0.2, -0.15) is 0 Å². The maximum Gasteiger partial charge on any atom is 0.359 e. The van der Waals surface area contributed by atoms with Crippen LogP contribution in [-0.2, 0) is 30.6 Å². The SMILES string of the molecule is COC(=O)C1(c2cn(S(=O)(=O)c3ccccc3)c3ccccc23)C=C(c2ccccc2)c2cc(C(C)(C)C)ccc2O1. The fraction of sp³-hybridized carbons (Fsp3) is 0.171. The van der Waals surface area contributed by atoms with Crippen LogP contribution in [0.5, 0.6) is 5.75 Å². The van der Waals surface area contributed by atoms with Crippen LogP contribution in [0.1, 0.15) is 43.0 Å². The highest BCUT2D eigenvalue weighted by Gasteiger charge is 2.48. The van der Waals surface area contributed by atoms with Crippen LogP contribution >= 0.6 is 0 Å². The molecule has 0 spiro atoms. The van der Waals surface area contributed by atoms with Crippen molar-refractivity contribution in [1.29, 1.82) is 0 Å². The first kappa shape index (κ1) is 27.5. The molecule has 6 nitrogen and oxygen atoms in total. The van der Waals surface area contributed by atoms with Crippen molar-refractivity contribution in [1.82, 2.24) is 3.97 Å². The molecule has 7 heteroatoms. The number of ether oxygens (including phenoxy) is 2. The minimum atomic E-state index is -4.00. The van der Waals surface area contributed by atoms with Gasteiger partial charge in [0.25, 0.3) is 15.6 Å². The van der Waals surface area contributed by atoms with Crippen molar-refractivity contribution in [2.24, 2.45) is 0 Å². The zero-order valence-corrected chi connectivity index (χ0v) is 24.7. The Morgan fingerprint density at radius 1 is 0.857 bits per heavy atom. The average molecular weight is 578 g/mol. The summed E-state index contributed by atoms with van der Waals surface area (Å²) in [6.45, 7) is 6.43. The maximum atomic E-state index is 13.9. The molecule has 1 aromatic heterocycles. The molecule has 6 rings (SSSR count). The first-order chi connectivity index (χ1) is 20.1. The molecule has 1 aliphatic heterocycles. The zero-order chi connectivity index (χ0) is 29.7. The Hall–Kier alpha value is -4.62. The molecular formula is C35H31NO5S. The lowest BCUT2D eigenvalue weighted by atomic mass is 9.80. The van der Waals surface area contributed by atoms with Crippen molar-refractivity contribution in [2.75, 3.05) is 7.11 Å². The Balaban J connectivity index is 1.67. The topological polar surface area (TPSA) is 74.6 Å². The van der Waals surface area contributed by atoms with E-state index in [0.29, 0.717) is 22.2 Å². The second-order valence-electron chi connectivity index (χ2n) is 11.4. The van der Waals surface area contributed by atoms with Gasteiger partial charge in [-0.15, -0.1) is 0 Å². The van der Waals surface area contributed by atoms with Crippen LogP contribution in [0.4, 0.5) is 0 Å². The molecule has 0 fully saturated rings. The summed E-state index contributed by atoms with van der Waals surface area (Å²) in [5.74, 6) is -0.168. The molecule has 4 aromatic carbocycles. The van der Waals surface area contributed by atoms with E-state index in [-0.39, 0.29) is 10.3 Å². The molecule has 0 radical (unpaired) electrons.